The molecule has 4 nitrogen and oxygen atoms in total. The lowest BCUT2D eigenvalue weighted by atomic mass is 10.3. The van der Waals surface area contributed by atoms with E-state index < -0.39 is 0 Å². The molecule has 0 aliphatic rings. The summed E-state index contributed by atoms with van der Waals surface area (Å²) in [6, 6.07) is 11.9. The van der Waals surface area contributed by atoms with E-state index in [1.165, 1.54) is 0 Å². The van der Waals surface area contributed by atoms with Crippen LogP contribution in [0.1, 0.15) is 5.69 Å². The number of hydrogen-bond acceptors (Lipinski definition) is 3. The Morgan fingerprint density at radius 3 is 2.50 bits per heavy atom. The van der Waals surface area contributed by atoms with Gasteiger partial charge in [0.2, 0.25) is 0 Å². The van der Waals surface area contributed by atoms with Crippen molar-refractivity contribution >= 4 is 11.5 Å². The number of hydrogen-bond donors (Lipinski definition) is 2. The summed E-state index contributed by atoms with van der Waals surface area (Å²) >= 11 is 0. The summed E-state index contributed by atoms with van der Waals surface area (Å²) in [6.45, 7) is 0. The number of benzene rings is 1. The smallest absolute Gasteiger partial charge is 0.150 e. The minimum atomic E-state index is 0.204. The van der Waals surface area contributed by atoms with Crippen LogP contribution in [0.15, 0.2) is 53.7 Å². The zero-order valence-electron chi connectivity index (χ0n) is 8.54. The van der Waals surface area contributed by atoms with Gasteiger partial charge < -0.3 is 10.8 Å². The summed E-state index contributed by atoms with van der Waals surface area (Å²) in [5.74, 6) is 0.557. The largest absolute Gasteiger partial charge is 0.508 e. The summed E-state index contributed by atoms with van der Waals surface area (Å²) in [4.78, 5) is 8.28. The second-order valence-corrected chi connectivity index (χ2v) is 3.23. The van der Waals surface area contributed by atoms with Gasteiger partial charge in [-0.1, -0.05) is 6.07 Å². The van der Waals surface area contributed by atoms with Gasteiger partial charge in [0.25, 0.3) is 0 Å². The standard InChI is InChI=1S/C12H11N3O/c13-12(11-3-1-2-8-14-11)15-9-4-6-10(16)7-5-9/h1-8,16H,(H2,13,15). The van der Waals surface area contributed by atoms with Crippen molar-refractivity contribution in [2.75, 3.05) is 0 Å². The first kappa shape index (κ1) is 10.2. The van der Waals surface area contributed by atoms with E-state index in [4.69, 9.17) is 10.8 Å². The number of aromatic hydroxyl groups is 1. The SMILES string of the molecule is NC(=Nc1ccc(O)cc1)c1ccccn1. The molecule has 0 amide bonds. The third kappa shape index (κ3) is 2.36. The van der Waals surface area contributed by atoms with Crippen molar-refractivity contribution in [1.82, 2.24) is 4.98 Å². The highest BCUT2D eigenvalue weighted by molar-refractivity contribution is 5.97. The van der Waals surface area contributed by atoms with E-state index in [0.29, 0.717) is 17.2 Å². The molecule has 0 unspecified atom stereocenters. The van der Waals surface area contributed by atoms with Gasteiger partial charge in [0.15, 0.2) is 0 Å². The summed E-state index contributed by atoms with van der Waals surface area (Å²) in [6.07, 6.45) is 1.66. The maximum atomic E-state index is 9.12. The van der Waals surface area contributed by atoms with Crippen LogP contribution < -0.4 is 5.73 Å². The van der Waals surface area contributed by atoms with Crippen molar-refractivity contribution in [2.45, 2.75) is 0 Å². The molecule has 0 bridgehead atoms. The van der Waals surface area contributed by atoms with Crippen molar-refractivity contribution in [3.05, 3.63) is 54.4 Å². The molecule has 1 aromatic carbocycles. The average molecular weight is 213 g/mol. The molecule has 0 radical (unpaired) electrons. The first-order valence-corrected chi connectivity index (χ1v) is 4.80. The van der Waals surface area contributed by atoms with E-state index in [1.54, 1.807) is 36.5 Å². The topological polar surface area (TPSA) is 71.5 Å². The molecule has 1 heterocycles. The van der Waals surface area contributed by atoms with Crippen LogP contribution in [-0.2, 0) is 0 Å². The molecule has 1 aromatic heterocycles. The fourth-order valence-electron chi connectivity index (χ4n) is 1.24. The van der Waals surface area contributed by atoms with E-state index in [9.17, 15) is 0 Å². The van der Waals surface area contributed by atoms with Crippen molar-refractivity contribution in [1.29, 1.82) is 0 Å². The monoisotopic (exact) mass is 213 g/mol. The number of amidine groups is 1. The van der Waals surface area contributed by atoms with Crippen LogP contribution >= 0.6 is 0 Å². The lowest BCUT2D eigenvalue weighted by molar-refractivity contribution is 0.475. The maximum Gasteiger partial charge on any atom is 0.150 e. The average Bonchev–Trinajstić information content (AvgIpc) is 2.33. The minimum absolute atomic E-state index is 0.204. The van der Waals surface area contributed by atoms with Gasteiger partial charge in [0, 0.05) is 6.20 Å². The van der Waals surface area contributed by atoms with Crippen molar-refractivity contribution in [3.8, 4) is 5.75 Å². The van der Waals surface area contributed by atoms with E-state index in [2.05, 4.69) is 9.98 Å². The Balaban J connectivity index is 2.28. The number of nitrogens with two attached hydrogens (primary N) is 1. The molecule has 0 spiro atoms. The normalized spacial score (nSPS) is 11.4. The molecule has 3 N–H and O–H groups in total. The fourth-order valence-corrected chi connectivity index (χ4v) is 1.24. The number of nitrogens with zero attached hydrogens (tertiary/aromatic N) is 2. The van der Waals surface area contributed by atoms with Crippen LogP contribution in [0.4, 0.5) is 5.69 Å². The molecule has 80 valence electrons. The van der Waals surface area contributed by atoms with Gasteiger partial charge in [-0.15, -0.1) is 0 Å². The number of aliphatic imine (C=N–C) groups is 1. The van der Waals surface area contributed by atoms with Crippen LogP contribution in [0.2, 0.25) is 0 Å². The van der Waals surface area contributed by atoms with Gasteiger partial charge in [-0.3, -0.25) is 4.98 Å². The van der Waals surface area contributed by atoms with Gasteiger partial charge in [-0.25, -0.2) is 4.99 Å². The molecule has 0 fully saturated rings. The maximum absolute atomic E-state index is 9.12. The highest BCUT2D eigenvalue weighted by Gasteiger charge is 1.98. The Hall–Kier alpha value is -2.36. The number of phenolic OH excluding ortho intramolecular Hbond substituents is 1. The molecule has 16 heavy (non-hydrogen) atoms. The van der Waals surface area contributed by atoms with E-state index in [0.717, 1.165) is 0 Å². The molecule has 0 saturated carbocycles. The van der Waals surface area contributed by atoms with Crippen molar-refractivity contribution in [3.63, 3.8) is 0 Å². The number of rotatable bonds is 2. The molecule has 2 rings (SSSR count). The van der Waals surface area contributed by atoms with Crippen LogP contribution in [0, 0.1) is 0 Å². The lowest BCUT2D eigenvalue weighted by Gasteiger charge is -1.99. The van der Waals surface area contributed by atoms with Crippen molar-refractivity contribution < 1.29 is 5.11 Å². The highest BCUT2D eigenvalue weighted by Crippen LogP contribution is 2.16. The fraction of sp³-hybridized carbons (Fsp3) is 0. The summed E-state index contributed by atoms with van der Waals surface area (Å²) < 4.78 is 0. The van der Waals surface area contributed by atoms with Crippen LogP contribution in [0.25, 0.3) is 0 Å². The highest BCUT2D eigenvalue weighted by atomic mass is 16.3. The van der Waals surface area contributed by atoms with Crippen LogP contribution in [0.5, 0.6) is 5.75 Å². The summed E-state index contributed by atoms with van der Waals surface area (Å²) in [5.41, 5.74) is 7.11. The van der Waals surface area contributed by atoms with Gasteiger partial charge in [-0.05, 0) is 36.4 Å². The van der Waals surface area contributed by atoms with Gasteiger partial charge in [0.1, 0.15) is 17.3 Å². The molecular weight excluding hydrogens is 202 g/mol. The van der Waals surface area contributed by atoms with Gasteiger partial charge in [0.05, 0.1) is 5.69 Å². The molecule has 0 atom stereocenters. The van der Waals surface area contributed by atoms with E-state index >= 15 is 0 Å². The summed E-state index contributed by atoms with van der Waals surface area (Å²) in [5, 5.41) is 9.12. The van der Waals surface area contributed by atoms with Gasteiger partial charge >= 0.3 is 0 Å². The molecule has 4 heteroatoms. The van der Waals surface area contributed by atoms with E-state index in [-0.39, 0.29) is 5.75 Å². The number of aromatic nitrogens is 1. The molecule has 0 saturated heterocycles. The Morgan fingerprint density at radius 2 is 1.88 bits per heavy atom. The van der Waals surface area contributed by atoms with Crippen molar-refractivity contribution in [2.24, 2.45) is 10.7 Å². The first-order chi connectivity index (χ1) is 7.75. The lowest BCUT2D eigenvalue weighted by Crippen LogP contribution is -2.14. The first-order valence-electron chi connectivity index (χ1n) is 4.80. The Labute approximate surface area is 93.1 Å². The third-order valence-corrected chi connectivity index (χ3v) is 2.03. The Bertz CT molecular complexity index is 491. The number of phenols is 1. The van der Waals surface area contributed by atoms with Gasteiger partial charge in [-0.2, -0.15) is 0 Å². The molecule has 2 aromatic rings. The number of pyridine rings is 1. The molecule has 0 aliphatic heterocycles. The zero-order chi connectivity index (χ0) is 11.4. The second-order valence-electron chi connectivity index (χ2n) is 3.23. The Kier molecular flexibility index (Phi) is 2.82. The second kappa shape index (κ2) is 4.44. The van der Waals surface area contributed by atoms with Crippen LogP contribution in [0.3, 0.4) is 0 Å². The molecular formula is C12H11N3O. The minimum Gasteiger partial charge on any atom is -0.508 e. The predicted octanol–water partition coefficient (Wildman–Crippen LogP) is 1.82. The zero-order valence-corrected chi connectivity index (χ0v) is 8.54. The molecule has 0 aliphatic carbocycles. The predicted molar refractivity (Wildman–Crippen MR) is 62.7 cm³/mol. The summed E-state index contributed by atoms with van der Waals surface area (Å²) in [7, 11) is 0. The Morgan fingerprint density at radius 1 is 1.12 bits per heavy atom. The van der Waals surface area contributed by atoms with Crippen LogP contribution in [-0.4, -0.2) is 15.9 Å². The quantitative estimate of drug-likeness (QED) is 0.590. The van der Waals surface area contributed by atoms with E-state index in [1.807, 2.05) is 12.1 Å². The third-order valence-electron chi connectivity index (χ3n) is 2.03.